The first-order valence-corrected chi connectivity index (χ1v) is 11.8. The zero-order valence-corrected chi connectivity index (χ0v) is 19.1. The number of rotatable bonds is 9. The van der Waals surface area contributed by atoms with Crippen molar-refractivity contribution in [1.29, 1.82) is 5.26 Å². The molecule has 0 aromatic heterocycles. The highest BCUT2D eigenvalue weighted by Gasteiger charge is 2.17. The zero-order chi connectivity index (χ0) is 24.0. The molecular weight excluding hydrogens is 440 g/mol. The van der Waals surface area contributed by atoms with Crippen molar-refractivity contribution < 1.29 is 23.1 Å². The molecule has 33 heavy (non-hydrogen) atoms. The number of hydrogen-bond donors (Lipinski definition) is 2. The van der Waals surface area contributed by atoms with Gasteiger partial charge in [-0.15, -0.1) is 0 Å². The van der Waals surface area contributed by atoms with Crippen LogP contribution in [0.1, 0.15) is 47.3 Å². The van der Waals surface area contributed by atoms with Gasteiger partial charge in [0.05, 0.1) is 27.8 Å². The van der Waals surface area contributed by atoms with Gasteiger partial charge in [-0.1, -0.05) is 31.5 Å². The molecule has 3 rings (SSSR count). The lowest BCUT2D eigenvalue weighted by molar-refractivity contribution is 0.101. The minimum absolute atomic E-state index is 0.0603. The highest BCUT2D eigenvalue weighted by Crippen LogP contribution is 2.33. The summed E-state index contributed by atoms with van der Waals surface area (Å²) in [6.45, 7) is 3.52. The van der Waals surface area contributed by atoms with E-state index in [2.05, 4.69) is 4.72 Å². The van der Waals surface area contributed by atoms with Crippen LogP contribution in [0.4, 0.5) is 5.69 Å². The fraction of sp³-hybridized carbons (Fsp3) is 0.200. The van der Waals surface area contributed by atoms with Gasteiger partial charge in [-0.2, -0.15) is 5.26 Å². The van der Waals surface area contributed by atoms with Crippen LogP contribution in [-0.4, -0.2) is 19.3 Å². The topological polar surface area (TPSA) is 116 Å². The number of nitriles is 1. The number of carbonyl (C=O) groups is 1. The summed E-state index contributed by atoms with van der Waals surface area (Å²) >= 11 is 0. The summed E-state index contributed by atoms with van der Waals surface area (Å²) < 4.78 is 33.6. The lowest BCUT2D eigenvalue weighted by atomic mass is 10.0. The number of ether oxygens (including phenoxy) is 1. The number of ketones is 1. The number of Topliss-reactive ketones (excluding diaryl/α,β-unsaturated/α-hetero) is 1. The maximum atomic E-state index is 12.7. The molecular formula is C25H24N2O5S. The van der Waals surface area contributed by atoms with Crippen molar-refractivity contribution in [3.63, 3.8) is 0 Å². The largest absolute Gasteiger partial charge is 0.507 e. The average molecular weight is 465 g/mol. The Bertz CT molecular complexity index is 1310. The smallest absolute Gasteiger partial charge is 0.261 e. The van der Waals surface area contributed by atoms with E-state index in [4.69, 9.17) is 10.00 Å². The summed E-state index contributed by atoms with van der Waals surface area (Å²) in [5, 5.41) is 19.4. The van der Waals surface area contributed by atoms with Gasteiger partial charge in [-0.25, -0.2) is 8.42 Å². The Morgan fingerprint density at radius 2 is 1.85 bits per heavy atom. The number of benzene rings is 3. The minimum atomic E-state index is -3.82. The second-order valence-electron chi connectivity index (χ2n) is 7.48. The van der Waals surface area contributed by atoms with Gasteiger partial charge in [0.2, 0.25) is 0 Å². The van der Waals surface area contributed by atoms with Gasteiger partial charge in [0.25, 0.3) is 10.0 Å². The third kappa shape index (κ3) is 5.70. The number of phenolic OH excluding ortho intramolecular Hbond substituents is 1. The van der Waals surface area contributed by atoms with Crippen LogP contribution in [0.25, 0.3) is 0 Å². The van der Waals surface area contributed by atoms with Crippen molar-refractivity contribution in [1.82, 2.24) is 0 Å². The molecule has 0 aliphatic heterocycles. The number of phenols is 1. The fourth-order valence-corrected chi connectivity index (χ4v) is 4.37. The van der Waals surface area contributed by atoms with E-state index in [-0.39, 0.29) is 28.6 Å². The van der Waals surface area contributed by atoms with E-state index >= 15 is 0 Å². The maximum absolute atomic E-state index is 12.7. The third-order valence-corrected chi connectivity index (χ3v) is 6.39. The summed E-state index contributed by atoms with van der Waals surface area (Å²) in [7, 11) is -3.82. The van der Waals surface area contributed by atoms with E-state index in [0.717, 1.165) is 12.0 Å². The molecule has 0 spiro atoms. The van der Waals surface area contributed by atoms with Crippen LogP contribution < -0.4 is 9.46 Å². The number of nitrogens with zero attached hydrogens (tertiary/aromatic N) is 1. The van der Waals surface area contributed by atoms with Gasteiger partial charge >= 0.3 is 0 Å². The van der Waals surface area contributed by atoms with Crippen molar-refractivity contribution in [3.05, 3.63) is 82.9 Å². The molecule has 0 unspecified atom stereocenters. The van der Waals surface area contributed by atoms with Gasteiger partial charge < -0.3 is 9.84 Å². The number of aromatic hydroxyl groups is 1. The molecule has 0 aliphatic rings. The molecule has 0 saturated carbocycles. The van der Waals surface area contributed by atoms with E-state index in [1.165, 1.54) is 31.2 Å². The summed E-state index contributed by atoms with van der Waals surface area (Å²) in [4.78, 5) is 11.8. The Balaban J connectivity index is 1.74. The lowest BCUT2D eigenvalue weighted by Gasteiger charge is -2.15. The van der Waals surface area contributed by atoms with Crippen LogP contribution in [0.2, 0.25) is 0 Å². The Kier molecular flexibility index (Phi) is 7.36. The number of nitrogens with one attached hydrogen (secondary N) is 1. The molecule has 0 fully saturated rings. The minimum Gasteiger partial charge on any atom is -0.507 e. The summed E-state index contributed by atoms with van der Waals surface area (Å²) in [6.07, 6.45) is 1.32. The van der Waals surface area contributed by atoms with Gasteiger partial charge in [-0.05, 0) is 61.4 Å². The highest BCUT2D eigenvalue weighted by atomic mass is 32.2. The second kappa shape index (κ2) is 10.2. The van der Waals surface area contributed by atoms with Crippen LogP contribution >= 0.6 is 0 Å². The van der Waals surface area contributed by atoms with Gasteiger partial charge in [0.15, 0.2) is 5.78 Å². The van der Waals surface area contributed by atoms with Crippen LogP contribution in [-0.2, 0) is 23.1 Å². The van der Waals surface area contributed by atoms with E-state index in [1.54, 1.807) is 36.4 Å². The van der Waals surface area contributed by atoms with Crippen LogP contribution in [0, 0.1) is 11.3 Å². The molecule has 3 aromatic carbocycles. The van der Waals surface area contributed by atoms with Gasteiger partial charge in [-0.3, -0.25) is 9.52 Å². The molecule has 0 saturated heterocycles. The van der Waals surface area contributed by atoms with E-state index in [0.29, 0.717) is 29.0 Å². The van der Waals surface area contributed by atoms with Crippen LogP contribution in [0.5, 0.6) is 11.5 Å². The zero-order valence-electron chi connectivity index (χ0n) is 18.3. The average Bonchev–Trinajstić information content (AvgIpc) is 2.79. The molecule has 0 aliphatic carbocycles. The lowest BCUT2D eigenvalue weighted by Crippen LogP contribution is -2.13. The normalized spacial score (nSPS) is 10.9. The van der Waals surface area contributed by atoms with Gasteiger partial charge in [0, 0.05) is 5.56 Å². The molecule has 2 N–H and O–H groups in total. The monoisotopic (exact) mass is 464 g/mol. The number of sulfonamides is 1. The van der Waals surface area contributed by atoms with Crippen LogP contribution in [0.15, 0.2) is 65.6 Å². The fourth-order valence-electron chi connectivity index (χ4n) is 3.32. The SMILES string of the molecule is CCCc1c(OCc2ccc(S(=O)(=O)Nc3cccc(C#N)c3)cc2)ccc(C(C)=O)c1O. The predicted octanol–water partition coefficient (Wildman–Crippen LogP) is 4.80. The molecule has 0 amide bonds. The highest BCUT2D eigenvalue weighted by molar-refractivity contribution is 7.92. The van der Waals surface area contributed by atoms with Crippen molar-refractivity contribution in [2.45, 2.75) is 38.2 Å². The van der Waals surface area contributed by atoms with Crippen molar-refractivity contribution in [2.75, 3.05) is 4.72 Å². The third-order valence-electron chi connectivity index (χ3n) is 4.99. The molecule has 7 nitrogen and oxygen atoms in total. The number of anilines is 1. The Hall–Kier alpha value is -3.83. The summed E-state index contributed by atoms with van der Waals surface area (Å²) in [6, 6.07) is 17.6. The first-order valence-electron chi connectivity index (χ1n) is 10.4. The maximum Gasteiger partial charge on any atom is 0.261 e. The first kappa shape index (κ1) is 23.8. The number of hydrogen-bond acceptors (Lipinski definition) is 6. The van der Waals surface area contributed by atoms with Crippen LogP contribution in [0.3, 0.4) is 0 Å². The molecule has 170 valence electrons. The Morgan fingerprint density at radius 3 is 2.48 bits per heavy atom. The first-order chi connectivity index (χ1) is 15.7. The molecule has 0 bridgehead atoms. The van der Waals surface area contributed by atoms with E-state index in [9.17, 15) is 18.3 Å². The van der Waals surface area contributed by atoms with Crippen molar-refractivity contribution >= 4 is 21.5 Å². The molecule has 0 radical (unpaired) electrons. The molecule has 8 heteroatoms. The van der Waals surface area contributed by atoms with E-state index in [1.807, 2.05) is 13.0 Å². The predicted molar refractivity (Wildman–Crippen MR) is 125 cm³/mol. The molecule has 0 atom stereocenters. The van der Waals surface area contributed by atoms with Gasteiger partial charge in [0.1, 0.15) is 18.1 Å². The quantitative estimate of drug-likeness (QED) is 0.440. The molecule has 3 aromatic rings. The Labute approximate surface area is 193 Å². The van der Waals surface area contributed by atoms with Crippen molar-refractivity contribution in [3.8, 4) is 17.6 Å². The van der Waals surface area contributed by atoms with E-state index < -0.39 is 10.0 Å². The summed E-state index contributed by atoms with van der Waals surface area (Å²) in [5.74, 6) is 0.200. The second-order valence-corrected chi connectivity index (χ2v) is 9.16. The Morgan fingerprint density at radius 1 is 1.12 bits per heavy atom. The summed E-state index contributed by atoms with van der Waals surface area (Å²) in [5.41, 5.74) is 2.23. The molecule has 0 heterocycles. The number of carbonyl (C=O) groups excluding carboxylic acids is 1. The van der Waals surface area contributed by atoms with Crippen molar-refractivity contribution in [2.24, 2.45) is 0 Å². The standard InChI is InChI=1S/C25H24N2O5S/c1-3-5-23-24(13-12-22(17(2)28)25(23)29)32-16-18-8-10-21(11-9-18)33(30,31)27-20-7-4-6-19(14-20)15-26/h4,6-14,27,29H,3,5,16H2,1-2H3.